The third-order valence-corrected chi connectivity index (χ3v) is 4.39. The molecule has 2 heterocycles. The van der Waals surface area contributed by atoms with E-state index in [1.165, 1.54) is 38.8 Å². The van der Waals surface area contributed by atoms with Crippen LogP contribution in [0.3, 0.4) is 0 Å². The molecule has 2 aliphatic heterocycles. The van der Waals surface area contributed by atoms with E-state index in [0.29, 0.717) is 6.04 Å². The van der Waals surface area contributed by atoms with Crippen LogP contribution in [-0.4, -0.2) is 73.1 Å². The van der Waals surface area contributed by atoms with Gasteiger partial charge in [-0.2, -0.15) is 0 Å². The van der Waals surface area contributed by atoms with Crippen molar-refractivity contribution in [2.75, 3.05) is 39.8 Å². The molecule has 0 spiro atoms. The number of ether oxygens (including phenoxy) is 1. The summed E-state index contributed by atoms with van der Waals surface area (Å²) in [6.07, 6.45) is 5.18. The van der Waals surface area contributed by atoms with Gasteiger partial charge in [0.1, 0.15) is 12.1 Å². The summed E-state index contributed by atoms with van der Waals surface area (Å²) < 4.78 is 5.33. The number of hydrogen-bond donors (Lipinski definition) is 1. The fourth-order valence-electron chi connectivity index (χ4n) is 3.38. The van der Waals surface area contributed by atoms with Gasteiger partial charge in [0.15, 0.2) is 5.96 Å². The van der Waals surface area contributed by atoms with E-state index in [4.69, 9.17) is 4.74 Å². The highest BCUT2D eigenvalue weighted by molar-refractivity contribution is 14.0. The van der Waals surface area contributed by atoms with Crippen LogP contribution >= 0.6 is 24.0 Å². The van der Waals surface area contributed by atoms with Gasteiger partial charge in [0, 0.05) is 26.2 Å². The standard InChI is InChI=1S/C17H32N4O2.HI/c1-17(2,3)23-15(22)12-19-16(18-4)21-11-8-14(13-21)20-9-6-5-7-10-20;/h14H,5-13H2,1-4H3,(H,18,19);1H. The molecule has 0 saturated carbocycles. The fraction of sp³-hybridized carbons (Fsp3) is 0.882. The van der Waals surface area contributed by atoms with Crippen LogP contribution in [0.4, 0.5) is 0 Å². The molecule has 0 aromatic heterocycles. The fourth-order valence-corrected chi connectivity index (χ4v) is 3.38. The van der Waals surface area contributed by atoms with E-state index < -0.39 is 5.60 Å². The summed E-state index contributed by atoms with van der Waals surface area (Å²) in [6, 6.07) is 0.621. The summed E-state index contributed by atoms with van der Waals surface area (Å²) in [5.41, 5.74) is -0.449. The Bertz CT molecular complexity index is 431. The van der Waals surface area contributed by atoms with Crippen molar-refractivity contribution in [3.05, 3.63) is 0 Å². The summed E-state index contributed by atoms with van der Waals surface area (Å²) in [7, 11) is 1.77. The van der Waals surface area contributed by atoms with Crippen molar-refractivity contribution in [2.24, 2.45) is 4.99 Å². The lowest BCUT2D eigenvalue weighted by Crippen LogP contribution is -2.46. The molecule has 6 nitrogen and oxygen atoms in total. The maximum atomic E-state index is 11.8. The largest absolute Gasteiger partial charge is 0.459 e. The summed E-state index contributed by atoms with van der Waals surface area (Å²) in [5, 5.41) is 3.14. The van der Waals surface area contributed by atoms with Crippen molar-refractivity contribution < 1.29 is 9.53 Å². The number of guanidine groups is 1. The number of carbonyl (C=O) groups is 1. The van der Waals surface area contributed by atoms with Crippen molar-refractivity contribution in [3.63, 3.8) is 0 Å². The van der Waals surface area contributed by atoms with Crippen LogP contribution in [0.25, 0.3) is 0 Å². The van der Waals surface area contributed by atoms with E-state index in [9.17, 15) is 4.79 Å². The average Bonchev–Trinajstić information content (AvgIpc) is 2.97. The van der Waals surface area contributed by atoms with Crippen molar-refractivity contribution in [3.8, 4) is 0 Å². The van der Waals surface area contributed by atoms with E-state index in [1.54, 1.807) is 7.05 Å². The van der Waals surface area contributed by atoms with Gasteiger partial charge in [0.05, 0.1) is 0 Å². The van der Waals surface area contributed by atoms with Gasteiger partial charge in [-0.25, -0.2) is 0 Å². The summed E-state index contributed by atoms with van der Waals surface area (Å²) in [6.45, 7) is 10.2. The Morgan fingerprint density at radius 1 is 1.21 bits per heavy atom. The molecule has 2 fully saturated rings. The number of likely N-dealkylation sites (tertiary alicyclic amines) is 2. The number of nitrogens with one attached hydrogen (secondary N) is 1. The molecule has 1 unspecified atom stereocenters. The zero-order chi connectivity index (χ0) is 16.9. The second kappa shape index (κ2) is 9.79. The highest BCUT2D eigenvalue weighted by Crippen LogP contribution is 2.20. The Balaban J connectivity index is 0.00000288. The molecule has 140 valence electrons. The lowest BCUT2D eigenvalue weighted by Gasteiger charge is -2.32. The van der Waals surface area contributed by atoms with Gasteiger partial charge in [-0.05, 0) is 53.1 Å². The molecule has 0 radical (unpaired) electrons. The minimum absolute atomic E-state index is 0. The van der Waals surface area contributed by atoms with Crippen molar-refractivity contribution >= 4 is 35.9 Å². The van der Waals surface area contributed by atoms with E-state index in [1.807, 2.05) is 20.8 Å². The maximum absolute atomic E-state index is 11.8. The van der Waals surface area contributed by atoms with Crippen molar-refractivity contribution in [1.82, 2.24) is 15.1 Å². The van der Waals surface area contributed by atoms with Gasteiger partial charge in [-0.15, -0.1) is 24.0 Å². The Morgan fingerprint density at radius 2 is 1.88 bits per heavy atom. The molecule has 7 heteroatoms. The first kappa shape index (κ1) is 21.5. The van der Waals surface area contributed by atoms with Gasteiger partial charge >= 0.3 is 5.97 Å². The number of hydrogen-bond acceptors (Lipinski definition) is 4. The Morgan fingerprint density at radius 3 is 2.46 bits per heavy atom. The third-order valence-electron chi connectivity index (χ3n) is 4.39. The number of halogens is 1. The van der Waals surface area contributed by atoms with Crippen LogP contribution in [0.15, 0.2) is 4.99 Å². The number of rotatable bonds is 3. The summed E-state index contributed by atoms with van der Waals surface area (Å²) in [5.74, 6) is 0.556. The molecule has 1 N–H and O–H groups in total. The lowest BCUT2D eigenvalue weighted by molar-refractivity contribution is -0.153. The molecule has 0 bridgehead atoms. The zero-order valence-electron chi connectivity index (χ0n) is 15.5. The molecule has 2 saturated heterocycles. The molecule has 2 rings (SSSR count). The molecular formula is C17H33IN4O2. The van der Waals surface area contributed by atoms with Crippen LogP contribution in [0.5, 0.6) is 0 Å². The Kier molecular flexibility index (Phi) is 8.76. The molecule has 24 heavy (non-hydrogen) atoms. The SMILES string of the molecule is CN=C(NCC(=O)OC(C)(C)C)N1CCC(N2CCCCC2)C1.I. The Hall–Kier alpha value is -0.570. The topological polar surface area (TPSA) is 57.2 Å². The predicted molar refractivity (Wildman–Crippen MR) is 108 cm³/mol. The van der Waals surface area contributed by atoms with Crippen molar-refractivity contribution in [1.29, 1.82) is 0 Å². The van der Waals surface area contributed by atoms with E-state index in [0.717, 1.165) is 19.0 Å². The summed E-state index contributed by atoms with van der Waals surface area (Å²) >= 11 is 0. The van der Waals surface area contributed by atoms with Crippen LogP contribution in [-0.2, 0) is 9.53 Å². The van der Waals surface area contributed by atoms with Gasteiger partial charge in [-0.1, -0.05) is 6.42 Å². The van der Waals surface area contributed by atoms with Crippen LogP contribution in [0.1, 0.15) is 46.5 Å². The quantitative estimate of drug-likeness (QED) is 0.308. The lowest BCUT2D eigenvalue weighted by atomic mass is 10.1. The molecule has 0 aromatic rings. The smallest absolute Gasteiger partial charge is 0.325 e. The maximum Gasteiger partial charge on any atom is 0.325 e. The first-order valence-electron chi connectivity index (χ1n) is 8.80. The molecule has 0 amide bonds. The number of nitrogens with zero attached hydrogens (tertiary/aromatic N) is 3. The monoisotopic (exact) mass is 452 g/mol. The van der Waals surface area contributed by atoms with E-state index in [-0.39, 0.29) is 36.5 Å². The van der Waals surface area contributed by atoms with Crippen molar-refractivity contribution in [2.45, 2.75) is 58.1 Å². The highest BCUT2D eigenvalue weighted by Gasteiger charge is 2.30. The number of piperidine rings is 1. The van der Waals surface area contributed by atoms with Crippen LogP contribution in [0, 0.1) is 0 Å². The minimum Gasteiger partial charge on any atom is -0.459 e. The number of aliphatic imine (C=N–C) groups is 1. The van der Waals surface area contributed by atoms with Gasteiger partial charge in [0.25, 0.3) is 0 Å². The second-order valence-electron chi connectivity index (χ2n) is 7.47. The zero-order valence-corrected chi connectivity index (χ0v) is 17.8. The number of esters is 1. The van der Waals surface area contributed by atoms with E-state index in [2.05, 4.69) is 20.1 Å². The van der Waals surface area contributed by atoms with E-state index >= 15 is 0 Å². The normalized spacial score (nSPS) is 22.9. The van der Waals surface area contributed by atoms with Crippen LogP contribution in [0.2, 0.25) is 0 Å². The van der Waals surface area contributed by atoms with Gasteiger partial charge < -0.3 is 15.0 Å². The molecule has 2 aliphatic rings. The third kappa shape index (κ3) is 6.74. The summed E-state index contributed by atoms with van der Waals surface area (Å²) in [4.78, 5) is 21.0. The van der Waals surface area contributed by atoms with Crippen LogP contribution < -0.4 is 5.32 Å². The highest BCUT2D eigenvalue weighted by atomic mass is 127. The minimum atomic E-state index is -0.449. The second-order valence-corrected chi connectivity index (χ2v) is 7.47. The predicted octanol–water partition coefficient (Wildman–Crippen LogP) is 2.08. The van der Waals surface area contributed by atoms with Gasteiger partial charge in [-0.3, -0.25) is 14.7 Å². The average molecular weight is 452 g/mol. The first-order valence-corrected chi connectivity index (χ1v) is 8.80. The van der Waals surface area contributed by atoms with Gasteiger partial charge in [0.2, 0.25) is 0 Å². The molecule has 1 atom stereocenters. The number of carbonyl (C=O) groups excluding carboxylic acids is 1. The molecule has 0 aliphatic carbocycles. The first-order chi connectivity index (χ1) is 10.9. The molecular weight excluding hydrogens is 419 g/mol. The Labute approximate surface area is 163 Å². The molecule has 0 aromatic carbocycles.